The molecule has 154 valence electrons. The Morgan fingerprint density at radius 3 is 2.52 bits per heavy atom. The van der Waals surface area contributed by atoms with Crippen LogP contribution < -0.4 is 10.1 Å². The van der Waals surface area contributed by atoms with Crippen LogP contribution in [0.4, 0.5) is 5.69 Å². The highest BCUT2D eigenvalue weighted by Gasteiger charge is 2.27. The fraction of sp³-hybridized carbons (Fsp3) is 0.455. The quantitative estimate of drug-likeness (QED) is 0.837. The van der Waals surface area contributed by atoms with Crippen LogP contribution in [0.3, 0.4) is 0 Å². The molecule has 1 saturated heterocycles. The van der Waals surface area contributed by atoms with Crippen LogP contribution in [0.2, 0.25) is 0 Å². The van der Waals surface area contributed by atoms with Crippen molar-refractivity contribution in [3.63, 3.8) is 0 Å². The number of likely N-dealkylation sites (tertiary alicyclic amines) is 1. The number of hydrogen-bond acceptors (Lipinski definition) is 5. The number of carbonyl (C=O) groups excluding carboxylic acids is 2. The van der Waals surface area contributed by atoms with E-state index in [1.54, 1.807) is 25.4 Å². The topological polar surface area (TPSA) is 84.4 Å². The molecule has 2 amide bonds. The van der Waals surface area contributed by atoms with E-state index in [-0.39, 0.29) is 23.7 Å². The summed E-state index contributed by atoms with van der Waals surface area (Å²) in [4.78, 5) is 35.8. The molecule has 29 heavy (non-hydrogen) atoms. The van der Waals surface area contributed by atoms with E-state index in [4.69, 9.17) is 4.74 Å². The standard InChI is InChI=1S/C22H28N4O3/c1-14(2)22(28)26-11-9-16(10-12-26)20-23-13-17(15(3)24-20)21(27)25-18-7-5-6-8-19(18)29-4/h5-8,13-14,16H,9-12H2,1-4H3,(H,25,27). The third-order valence-corrected chi connectivity index (χ3v) is 5.26. The minimum absolute atomic E-state index is 0.0195. The molecule has 1 aliphatic rings. The van der Waals surface area contributed by atoms with Gasteiger partial charge in [0.1, 0.15) is 11.6 Å². The second kappa shape index (κ2) is 9.03. The lowest BCUT2D eigenvalue weighted by Crippen LogP contribution is -2.40. The van der Waals surface area contributed by atoms with Crippen molar-refractivity contribution >= 4 is 17.5 Å². The van der Waals surface area contributed by atoms with E-state index in [9.17, 15) is 9.59 Å². The maximum atomic E-state index is 12.7. The number of aryl methyl sites for hydroxylation is 1. The van der Waals surface area contributed by atoms with Crippen LogP contribution >= 0.6 is 0 Å². The molecule has 1 aliphatic heterocycles. The number of anilines is 1. The molecule has 7 nitrogen and oxygen atoms in total. The number of benzene rings is 1. The molecule has 3 rings (SSSR count). The predicted octanol–water partition coefficient (Wildman–Crippen LogP) is 3.41. The van der Waals surface area contributed by atoms with E-state index in [2.05, 4.69) is 15.3 Å². The number of rotatable bonds is 5. The SMILES string of the molecule is COc1ccccc1NC(=O)c1cnc(C2CCN(C(=O)C(C)C)CC2)nc1C. The second-order valence-electron chi connectivity index (χ2n) is 7.64. The number of methoxy groups -OCH3 is 1. The Balaban J connectivity index is 1.68. The molecular formula is C22H28N4O3. The minimum Gasteiger partial charge on any atom is -0.495 e. The average Bonchev–Trinajstić information content (AvgIpc) is 2.73. The van der Waals surface area contributed by atoms with Gasteiger partial charge in [0.15, 0.2) is 0 Å². The van der Waals surface area contributed by atoms with Crippen LogP contribution in [-0.2, 0) is 4.79 Å². The number of amides is 2. The summed E-state index contributed by atoms with van der Waals surface area (Å²) < 4.78 is 5.28. The van der Waals surface area contributed by atoms with Gasteiger partial charge >= 0.3 is 0 Å². The Hall–Kier alpha value is -2.96. The van der Waals surface area contributed by atoms with Gasteiger partial charge in [-0.1, -0.05) is 26.0 Å². The number of para-hydroxylation sites is 2. The zero-order valence-electron chi connectivity index (χ0n) is 17.4. The lowest BCUT2D eigenvalue weighted by Gasteiger charge is -2.32. The summed E-state index contributed by atoms with van der Waals surface area (Å²) in [5.74, 6) is 1.49. The zero-order valence-corrected chi connectivity index (χ0v) is 17.4. The predicted molar refractivity (Wildman–Crippen MR) is 111 cm³/mol. The molecule has 0 unspecified atom stereocenters. The first-order chi connectivity index (χ1) is 13.9. The summed E-state index contributed by atoms with van der Waals surface area (Å²) in [5.41, 5.74) is 1.68. The van der Waals surface area contributed by atoms with Crippen LogP contribution in [0.5, 0.6) is 5.75 Å². The van der Waals surface area contributed by atoms with Crippen molar-refractivity contribution in [2.45, 2.75) is 39.5 Å². The fourth-order valence-corrected chi connectivity index (χ4v) is 3.57. The second-order valence-corrected chi connectivity index (χ2v) is 7.64. The first-order valence-corrected chi connectivity index (χ1v) is 9.97. The fourth-order valence-electron chi connectivity index (χ4n) is 3.57. The van der Waals surface area contributed by atoms with E-state index in [1.807, 2.05) is 37.8 Å². The number of nitrogens with one attached hydrogen (secondary N) is 1. The molecule has 0 saturated carbocycles. The van der Waals surface area contributed by atoms with Gasteiger partial charge in [0.2, 0.25) is 5.91 Å². The first-order valence-electron chi connectivity index (χ1n) is 9.97. The zero-order chi connectivity index (χ0) is 21.0. The van der Waals surface area contributed by atoms with Crippen molar-refractivity contribution in [2.24, 2.45) is 5.92 Å². The molecule has 0 aliphatic carbocycles. The Bertz CT molecular complexity index is 889. The third-order valence-electron chi connectivity index (χ3n) is 5.26. The summed E-state index contributed by atoms with van der Waals surface area (Å²) in [6.07, 6.45) is 3.27. The van der Waals surface area contributed by atoms with Crippen LogP contribution in [0.15, 0.2) is 30.5 Å². The van der Waals surface area contributed by atoms with Crippen molar-refractivity contribution in [1.82, 2.24) is 14.9 Å². The summed E-state index contributed by atoms with van der Waals surface area (Å²) in [7, 11) is 1.56. The molecule has 2 heterocycles. The van der Waals surface area contributed by atoms with Crippen LogP contribution in [-0.4, -0.2) is 46.9 Å². The van der Waals surface area contributed by atoms with Gasteiger partial charge in [-0.05, 0) is 31.9 Å². The highest BCUT2D eigenvalue weighted by atomic mass is 16.5. The molecule has 1 N–H and O–H groups in total. The van der Waals surface area contributed by atoms with Gasteiger partial charge in [-0.3, -0.25) is 9.59 Å². The summed E-state index contributed by atoms with van der Waals surface area (Å²) in [6.45, 7) is 7.12. The van der Waals surface area contributed by atoms with E-state index in [1.165, 1.54) is 0 Å². The lowest BCUT2D eigenvalue weighted by molar-refractivity contribution is -0.135. The average molecular weight is 396 g/mol. The molecule has 0 radical (unpaired) electrons. The molecular weight excluding hydrogens is 368 g/mol. The molecule has 1 fully saturated rings. The molecule has 0 bridgehead atoms. The maximum Gasteiger partial charge on any atom is 0.259 e. The van der Waals surface area contributed by atoms with Gasteiger partial charge in [-0.25, -0.2) is 9.97 Å². The number of aromatic nitrogens is 2. The number of ether oxygens (including phenoxy) is 1. The van der Waals surface area contributed by atoms with E-state index in [0.29, 0.717) is 22.7 Å². The maximum absolute atomic E-state index is 12.7. The normalized spacial score (nSPS) is 14.7. The molecule has 1 aromatic carbocycles. The first kappa shape index (κ1) is 20.8. The third kappa shape index (κ3) is 4.72. The van der Waals surface area contributed by atoms with E-state index >= 15 is 0 Å². The largest absolute Gasteiger partial charge is 0.495 e. The highest BCUT2D eigenvalue weighted by Crippen LogP contribution is 2.27. The van der Waals surface area contributed by atoms with Crippen LogP contribution in [0.25, 0.3) is 0 Å². The van der Waals surface area contributed by atoms with Crippen molar-refractivity contribution in [3.05, 3.63) is 47.5 Å². The number of carbonyl (C=O) groups is 2. The van der Waals surface area contributed by atoms with Gasteiger partial charge in [-0.15, -0.1) is 0 Å². The van der Waals surface area contributed by atoms with E-state index in [0.717, 1.165) is 31.8 Å². The van der Waals surface area contributed by atoms with Crippen LogP contribution in [0.1, 0.15) is 54.5 Å². The smallest absolute Gasteiger partial charge is 0.259 e. The number of piperidine rings is 1. The summed E-state index contributed by atoms with van der Waals surface area (Å²) in [5, 5.41) is 2.86. The molecule has 1 aromatic heterocycles. The molecule has 0 spiro atoms. The Kier molecular flexibility index (Phi) is 6.46. The van der Waals surface area contributed by atoms with Crippen LogP contribution in [0, 0.1) is 12.8 Å². The van der Waals surface area contributed by atoms with Crippen molar-refractivity contribution in [1.29, 1.82) is 0 Å². The van der Waals surface area contributed by atoms with Gasteiger partial charge in [-0.2, -0.15) is 0 Å². The van der Waals surface area contributed by atoms with Gasteiger partial charge in [0.25, 0.3) is 5.91 Å². The highest BCUT2D eigenvalue weighted by molar-refractivity contribution is 6.05. The molecule has 2 aromatic rings. The van der Waals surface area contributed by atoms with E-state index < -0.39 is 0 Å². The molecule has 0 atom stereocenters. The lowest BCUT2D eigenvalue weighted by atomic mass is 9.95. The summed E-state index contributed by atoms with van der Waals surface area (Å²) >= 11 is 0. The monoisotopic (exact) mass is 396 g/mol. The van der Waals surface area contributed by atoms with Crippen molar-refractivity contribution in [3.8, 4) is 5.75 Å². The number of nitrogens with zero attached hydrogens (tertiary/aromatic N) is 3. The Morgan fingerprint density at radius 1 is 1.21 bits per heavy atom. The number of hydrogen-bond donors (Lipinski definition) is 1. The van der Waals surface area contributed by atoms with Gasteiger partial charge < -0.3 is 15.0 Å². The van der Waals surface area contributed by atoms with Crippen molar-refractivity contribution in [2.75, 3.05) is 25.5 Å². The van der Waals surface area contributed by atoms with Crippen molar-refractivity contribution < 1.29 is 14.3 Å². The van der Waals surface area contributed by atoms with Gasteiger partial charge in [0, 0.05) is 31.1 Å². The minimum atomic E-state index is -0.268. The van der Waals surface area contributed by atoms with Gasteiger partial charge in [0.05, 0.1) is 24.1 Å². The Labute approximate surface area is 171 Å². The Morgan fingerprint density at radius 2 is 1.90 bits per heavy atom. The molecule has 7 heteroatoms. The summed E-state index contributed by atoms with van der Waals surface area (Å²) in [6, 6.07) is 7.25.